The minimum absolute atomic E-state index is 0.0349. The topological polar surface area (TPSA) is 84.2 Å². The fraction of sp³-hybridized carbons (Fsp3) is 0.526. The van der Waals surface area contributed by atoms with Gasteiger partial charge in [-0.3, -0.25) is 14.2 Å². The Kier molecular flexibility index (Phi) is 6.59. The number of hydrogen-bond acceptors (Lipinski definition) is 6. The van der Waals surface area contributed by atoms with Crippen LogP contribution in [0.4, 0.5) is 0 Å². The van der Waals surface area contributed by atoms with Gasteiger partial charge in [-0.1, -0.05) is 44.5 Å². The van der Waals surface area contributed by atoms with Crippen molar-refractivity contribution in [3.8, 4) is 5.88 Å². The third-order valence-electron chi connectivity index (χ3n) is 4.76. The first-order valence-electron chi connectivity index (χ1n) is 9.24. The average molecular weight is 408 g/mol. The molecule has 1 saturated carbocycles. The molecule has 0 radical (unpaired) electrons. The molecule has 1 aliphatic rings. The van der Waals surface area contributed by atoms with Crippen molar-refractivity contribution in [2.45, 2.75) is 56.8 Å². The number of aromatic nitrogens is 2. The second-order valence-corrected chi connectivity index (χ2v) is 9.06. The van der Waals surface area contributed by atoms with E-state index in [9.17, 15) is 14.7 Å². The molecule has 8 heteroatoms. The van der Waals surface area contributed by atoms with Crippen LogP contribution in [0.2, 0.25) is 0 Å². The number of carbonyl (C=O) groups excluding carboxylic acids is 1. The summed E-state index contributed by atoms with van der Waals surface area (Å²) in [5.41, 5.74) is -0.254. The summed E-state index contributed by atoms with van der Waals surface area (Å²) >= 11 is 2.83. The summed E-state index contributed by atoms with van der Waals surface area (Å²) in [6, 6.07) is 5.22. The second kappa shape index (κ2) is 8.93. The Hall–Kier alpha value is -1.80. The zero-order valence-corrected chi connectivity index (χ0v) is 17.2. The van der Waals surface area contributed by atoms with Crippen molar-refractivity contribution in [1.29, 1.82) is 0 Å². The number of hydrogen-bond donors (Lipinski definition) is 2. The van der Waals surface area contributed by atoms with Gasteiger partial charge in [0, 0.05) is 10.9 Å². The Bertz CT molecular complexity index is 827. The van der Waals surface area contributed by atoms with Crippen molar-refractivity contribution in [3.63, 3.8) is 0 Å². The highest BCUT2D eigenvalue weighted by Crippen LogP contribution is 2.32. The number of nitrogens with zero attached hydrogens (tertiary/aromatic N) is 2. The van der Waals surface area contributed by atoms with Crippen LogP contribution in [0.5, 0.6) is 5.88 Å². The van der Waals surface area contributed by atoms with E-state index in [0.717, 1.165) is 36.6 Å². The third kappa shape index (κ3) is 4.93. The number of thioether (sulfide) groups is 1. The minimum Gasteiger partial charge on any atom is -0.493 e. The van der Waals surface area contributed by atoms with Gasteiger partial charge in [0.25, 0.3) is 5.56 Å². The summed E-state index contributed by atoms with van der Waals surface area (Å²) in [4.78, 5) is 30.1. The van der Waals surface area contributed by atoms with Crippen LogP contribution in [0.3, 0.4) is 0 Å². The number of thiophene rings is 1. The number of carbonyl (C=O) groups is 1. The molecule has 146 valence electrons. The highest BCUT2D eigenvalue weighted by atomic mass is 32.2. The summed E-state index contributed by atoms with van der Waals surface area (Å²) in [5.74, 6) is 0.0173. The molecule has 0 aromatic carbocycles. The smallest absolute Gasteiger partial charge is 0.258 e. The largest absolute Gasteiger partial charge is 0.493 e. The molecule has 1 atom stereocenters. The van der Waals surface area contributed by atoms with Gasteiger partial charge in [0.15, 0.2) is 5.16 Å². The zero-order valence-electron chi connectivity index (χ0n) is 15.6. The highest BCUT2D eigenvalue weighted by molar-refractivity contribution is 7.99. The number of aromatic hydroxyl groups is 1. The molecule has 1 aliphatic carbocycles. The molecular formula is C19H25N3O3S2. The molecule has 0 spiro atoms. The van der Waals surface area contributed by atoms with Crippen LogP contribution < -0.4 is 10.9 Å². The fourth-order valence-corrected chi connectivity index (χ4v) is 5.27. The Balaban J connectivity index is 1.70. The predicted molar refractivity (Wildman–Crippen MR) is 108 cm³/mol. The Morgan fingerprint density at radius 2 is 2.19 bits per heavy atom. The lowest BCUT2D eigenvalue weighted by Gasteiger charge is -2.21. The van der Waals surface area contributed by atoms with E-state index < -0.39 is 0 Å². The van der Waals surface area contributed by atoms with E-state index in [1.165, 1.54) is 11.8 Å². The van der Waals surface area contributed by atoms with Crippen LogP contribution in [0.25, 0.3) is 0 Å². The van der Waals surface area contributed by atoms with Gasteiger partial charge in [0.05, 0.1) is 17.9 Å². The summed E-state index contributed by atoms with van der Waals surface area (Å²) in [6.45, 7) is 4.15. The van der Waals surface area contributed by atoms with Crippen molar-refractivity contribution in [2.24, 2.45) is 5.92 Å². The van der Waals surface area contributed by atoms with Gasteiger partial charge < -0.3 is 10.4 Å². The van der Waals surface area contributed by atoms with Crippen molar-refractivity contribution >= 4 is 29.0 Å². The van der Waals surface area contributed by atoms with Gasteiger partial charge in [0.2, 0.25) is 11.8 Å². The van der Waals surface area contributed by atoms with Gasteiger partial charge in [0.1, 0.15) is 0 Å². The van der Waals surface area contributed by atoms with E-state index in [-0.39, 0.29) is 41.1 Å². The molecule has 27 heavy (non-hydrogen) atoms. The molecular weight excluding hydrogens is 382 g/mol. The van der Waals surface area contributed by atoms with E-state index in [1.807, 2.05) is 17.5 Å². The Morgan fingerprint density at radius 3 is 2.81 bits per heavy atom. The lowest BCUT2D eigenvalue weighted by Crippen LogP contribution is -2.33. The van der Waals surface area contributed by atoms with Gasteiger partial charge in [-0.05, 0) is 30.2 Å². The molecule has 3 rings (SSSR count). The van der Waals surface area contributed by atoms with Crippen molar-refractivity contribution in [1.82, 2.24) is 14.9 Å². The van der Waals surface area contributed by atoms with E-state index in [0.29, 0.717) is 5.16 Å². The van der Waals surface area contributed by atoms with Gasteiger partial charge in [-0.2, -0.15) is 4.98 Å². The first-order valence-corrected chi connectivity index (χ1v) is 11.1. The van der Waals surface area contributed by atoms with E-state index >= 15 is 0 Å². The summed E-state index contributed by atoms with van der Waals surface area (Å²) < 4.78 is 1.64. The van der Waals surface area contributed by atoms with Crippen molar-refractivity contribution < 1.29 is 9.90 Å². The molecule has 0 aliphatic heterocycles. The molecule has 0 bridgehead atoms. The second-order valence-electron chi connectivity index (χ2n) is 7.14. The molecule has 0 saturated heterocycles. The number of rotatable bonds is 7. The molecule has 2 aromatic rings. The molecule has 2 N–H and O–H groups in total. The van der Waals surface area contributed by atoms with Crippen LogP contribution in [0, 0.1) is 5.92 Å². The Morgan fingerprint density at radius 1 is 1.44 bits per heavy atom. The lowest BCUT2D eigenvalue weighted by atomic mass is 10.0. The van der Waals surface area contributed by atoms with Crippen molar-refractivity contribution in [3.05, 3.63) is 38.8 Å². The summed E-state index contributed by atoms with van der Waals surface area (Å²) in [5, 5.41) is 15.2. The third-order valence-corrected chi connectivity index (χ3v) is 6.67. The quantitative estimate of drug-likeness (QED) is 0.540. The molecule has 6 nitrogen and oxygen atoms in total. The maximum atomic E-state index is 12.5. The normalized spacial score (nSPS) is 16.0. The predicted octanol–water partition coefficient (Wildman–Crippen LogP) is 3.73. The molecule has 1 unspecified atom stereocenters. The average Bonchev–Trinajstić information content (AvgIpc) is 3.30. The number of amides is 1. The van der Waals surface area contributed by atoms with Crippen LogP contribution in [0.15, 0.2) is 33.5 Å². The molecule has 2 heterocycles. The highest BCUT2D eigenvalue weighted by Gasteiger charge is 2.24. The van der Waals surface area contributed by atoms with Gasteiger partial charge in [-0.15, -0.1) is 11.3 Å². The standard InChI is InChI=1S/C19H25N3O3S2/c1-12(2)18(14-8-5-9-26-14)20-16(24)11-27-19-21-15(23)10-17(25)22(19)13-6-3-4-7-13/h5,8-10,12-13,18,23H,3-4,6-7,11H2,1-2H3,(H,20,24). The fourth-order valence-electron chi connectivity index (χ4n) is 3.44. The van der Waals surface area contributed by atoms with E-state index in [1.54, 1.807) is 15.9 Å². The molecule has 2 aromatic heterocycles. The maximum Gasteiger partial charge on any atom is 0.258 e. The number of nitrogens with one attached hydrogen (secondary N) is 1. The first kappa shape index (κ1) is 19.9. The molecule has 1 amide bonds. The van der Waals surface area contributed by atoms with E-state index in [4.69, 9.17) is 0 Å². The molecule has 1 fully saturated rings. The maximum absolute atomic E-state index is 12.5. The van der Waals surface area contributed by atoms with Crippen LogP contribution >= 0.6 is 23.1 Å². The lowest BCUT2D eigenvalue weighted by molar-refractivity contribution is -0.119. The van der Waals surface area contributed by atoms with Crippen molar-refractivity contribution in [2.75, 3.05) is 5.75 Å². The minimum atomic E-state index is -0.296. The summed E-state index contributed by atoms with van der Waals surface area (Å²) in [6.07, 6.45) is 4.03. The van der Waals surface area contributed by atoms with Gasteiger partial charge in [-0.25, -0.2) is 0 Å². The van der Waals surface area contributed by atoms with Crippen LogP contribution in [-0.4, -0.2) is 26.3 Å². The van der Waals surface area contributed by atoms with Crippen LogP contribution in [-0.2, 0) is 4.79 Å². The SMILES string of the molecule is CC(C)C(NC(=O)CSc1nc(O)cc(=O)n1C1CCCC1)c1cccs1. The monoisotopic (exact) mass is 407 g/mol. The Labute approximate surface area is 167 Å². The zero-order chi connectivity index (χ0) is 19.4. The van der Waals surface area contributed by atoms with Gasteiger partial charge >= 0.3 is 0 Å². The van der Waals surface area contributed by atoms with Crippen LogP contribution in [0.1, 0.15) is 56.5 Å². The summed E-state index contributed by atoms with van der Waals surface area (Å²) in [7, 11) is 0. The van der Waals surface area contributed by atoms with E-state index in [2.05, 4.69) is 24.1 Å². The first-order chi connectivity index (χ1) is 13.0.